The summed E-state index contributed by atoms with van der Waals surface area (Å²) in [7, 11) is 0. The lowest BCUT2D eigenvalue weighted by atomic mass is 10.0. The van der Waals surface area contributed by atoms with Gasteiger partial charge in [0.05, 0.1) is 6.61 Å². The summed E-state index contributed by atoms with van der Waals surface area (Å²) in [6.07, 6.45) is -5.75. The van der Waals surface area contributed by atoms with Gasteiger partial charge >= 0.3 is 12.3 Å². The van der Waals surface area contributed by atoms with Gasteiger partial charge in [-0.3, -0.25) is 4.79 Å². The Labute approximate surface area is 134 Å². The van der Waals surface area contributed by atoms with Crippen LogP contribution in [0.5, 0.6) is 0 Å². The summed E-state index contributed by atoms with van der Waals surface area (Å²) in [5, 5.41) is 5.07. The minimum Gasteiger partial charge on any atom is -0.450 e. The third-order valence-electron chi connectivity index (χ3n) is 2.74. The predicted octanol–water partition coefficient (Wildman–Crippen LogP) is 2.23. The average molecular weight is 342 g/mol. The van der Waals surface area contributed by atoms with Crippen LogP contribution >= 0.6 is 0 Å². The highest BCUT2D eigenvalue weighted by Gasteiger charge is 2.30. The number of carbonyl (C=O) groups is 2. The normalized spacial score (nSPS) is 14.3. The summed E-state index contributed by atoms with van der Waals surface area (Å²) >= 11 is 0. The predicted molar refractivity (Wildman–Crippen MR) is 77.9 cm³/mol. The van der Waals surface area contributed by atoms with Gasteiger partial charge < -0.3 is 20.1 Å². The van der Waals surface area contributed by atoms with Crippen LogP contribution in [0.1, 0.15) is 34.1 Å². The Kier molecular flexibility index (Phi) is 9.62. The van der Waals surface area contributed by atoms with Gasteiger partial charge in [-0.05, 0) is 26.2 Å². The first-order chi connectivity index (χ1) is 10.5. The summed E-state index contributed by atoms with van der Waals surface area (Å²) in [4.78, 5) is 23.1. The van der Waals surface area contributed by atoms with E-state index in [1.807, 2.05) is 13.8 Å². The first kappa shape index (κ1) is 21.5. The lowest BCUT2D eigenvalue weighted by Crippen LogP contribution is -2.47. The van der Waals surface area contributed by atoms with Gasteiger partial charge in [0.1, 0.15) is 12.7 Å². The number of rotatable bonds is 9. The van der Waals surface area contributed by atoms with Crippen LogP contribution < -0.4 is 10.6 Å². The van der Waals surface area contributed by atoms with E-state index in [4.69, 9.17) is 4.74 Å². The summed E-state index contributed by atoms with van der Waals surface area (Å²) in [6, 6.07) is -0.382. The molecule has 0 aliphatic carbocycles. The second kappa shape index (κ2) is 10.3. The minimum atomic E-state index is -4.49. The second-order valence-corrected chi connectivity index (χ2v) is 5.50. The van der Waals surface area contributed by atoms with E-state index < -0.39 is 30.9 Å². The lowest BCUT2D eigenvalue weighted by Gasteiger charge is -2.22. The Morgan fingerprint density at radius 1 is 1.17 bits per heavy atom. The zero-order valence-electron chi connectivity index (χ0n) is 13.8. The van der Waals surface area contributed by atoms with Gasteiger partial charge in [0, 0.05) is 12.6 Å². The van der Waals surface area contributed by atoms with E-state index in [-0.39, 0.29) is 25.1 Å². The highest BCUT2D eigenvalue weighted by molar-refractivity contribution is 5.80. The topological polar surface area (TPSA) is 76.7 Å². The molecular formula is C14H25F3N2O4. The maximum absolute atomic E-state index is 12.0. The van der Waals surface area contributed by atoms with E-state index >= 15 is 0 Å². The van der Waals surface area contributed by atoms with Crippen molar-refractivity contribution in [2.75, 3.05) is 19.8 Å². The van der Waals surface area contributed by atoms with Crippen molar-refractivity contribution < 1.29 is 32.2 Å². The molecule has 0 spiro atoms. The molecule has 0 aromatic rings. The van der Waals surface area contributed by atoms with Gasteiger partial charge in [-0.15, -0.1) is 0 Å². The Bertz CT molecular complexity index is 376. The Morgan fingerprint density at radius 3 is 2.26 bits per heavy atom. The van der Waals surface area contributed by atoms with E-state index in [1.165, 1.54) is 6.92 Å². The van der Waals surface area contributed by atoms with Crippen LogP contribution in [0.2, 0.25) is 0 Å². The van der Waals surface area contributed by atoms with Crippen molar-refractivity contribution in [1.29, 1.82) is 0 Å². The minimum absolute atomic E-state index is 0.0789. The number of carbonyl (C=O) groups excluding carboxylic acids is 2. The molecule has 0 aromatic carbocycles. The molecular weight excluding hydrogens is 317 g/mol. The van der Waals surface area contributed by atoms with Crippen molar-refractivity contribution in [3.63, 3.8) is 0 Å². The first-order valence-corrected chi connectivity index (χ1v) is 7.44. The summed E-state index contributed by atoms with van der Waals surface area (Å²) in [5.74, 6) is -0.425. The summed E-state index contributed by atoms with van der Waals surface area (Å²) in [5.41, 5.74) is 0. The number of hydrogen-bond acceptors (Lipinski definition) is 4. The van der Waals surface area contributed by atoms with Gasteiger partial charge in [0.2, 0.25) is 5.91 Å². The van der Waals surface area contributed by atoms with Crippen LogP contribution in [0.15, 0.2) is 0 Å². The molecule has 0 saturated heterocycles. The lowest BCUT2D eigenvalue weighted by molar-refractivity contribution is -0.185. The fourth-order valence-electron chi connectivity index (χ4n) is 1.76. The number of hydrogen-bond donors (Lipinski definition) is 2. The van der Waals surface area contributed by atoms with E-state index in [0.29, 0.717) is 6.42 Å². The molecule has 6 nitrogen and oxygen atoms in total. The Balaban J connectivity index is 4.36. The average Bonchev–Trinajstić information content (AvgIpc) is 2.40. The highest BCUT2D eigenvalue weighted by atomic mass is 19.4. The molecule has 0 saturated carbocycles. The van der Waals surface area contributed by atoms with Crippen molar-refractivity contribution in [1.82, 2.24) is 10.6 Å². The highest BCUT2D eigenvalue weighted by Crippen LogP contribution is 2.15. The SMILES string of the molecule is CCOC(=O)NC(CNC(=O)C(C)OCC(F)(F)F)CC(C)C. The molecule has 2 N–H and O–H groups in total. The third kappa shape index (κ3) is 11.7. The maximum Gasteiger partial charge on any atom is 0.411 e. The fourth-order valence-corrected chi connectivity index (χ4v) is 1.76. The third-order valence-corrected chi connectivity index (χ3v) is 2.74. The van der Waals surface area contributed by atoms with Crippen molar-refractivity contribution in [3.05, 3.63) is 0 Å². The molecule has 0 aromatic heterocycles. The van der Waals surface area contributed by atoms with Crippen molar-refractivity contribution >= 4 is 12.0 Å². The van der Waals surface area contributed by atoms with Crippen LogP contribution in [0.3, 0.4) is 0 Å². The molecule has 0 fully saturated rings. The quantitative estimate of drug-likeness (QED) is 0.674. The van der Waals surface area contributed by atoms with Crippen LogP contribution in [0.4, 0.5) is 18.0 Å². The van der Waals surface area contributed by atoms with Crippen molar-refractivity contribution in [2.45, 2.75) is 52.4 Å². The van der Waals surface area contributed by atoms with Crippen LogP contribution in [0, 0.1) is 5.92 Å². The molecule has 9 heteroatoms. The molecule has 2 unspecified atom stereocenters. The van der Waals surface area contributed by atoms with E-state index in [9.17, 15) is 22.8 Å². The zero-order valence-corrected chi connectivity index (χ0v) is 13.8. The Hall–Kier alpha value is -1.51. The smallest absolute Gasteiger partial charge is 0.411 e. The van der Waals surface area contributed by atoms with E-state index in [0.717, 1.165) is 0 Å². The summed E-state index contributed by atoms with van der Waals surface area (Å²) in [6.45, 7) is 5.59. The molecule has 2 amide bonds. The standard InChI is InChI=1S/C14H25F3N2O4/c1-5-22-13(21)19-11(6-9(2)3)7-18-12(20)10(4)23-8-14(15,16)17/h9-11H,5-8H2,1-4H3,(H,18,20)(H,19,21). The van der Waals surface area contributed by atoms with Crippen molar-refractivity contribution in [2.24, 2.45) is 5.92 Å². The number of amides is 2. The molecule has 2 atom stereocenters. The second-order valence-electron chi connectivity index (χ2n) is 5.50. The number of ether oxygens (including phenoxy) is 2. The molecule has 0 heterocycles. The fraction of sp³-hybridized carbons (Fsp3) is 0.857. The number of nitrogens with one attached hydrogen (secondary N) is 2. The molecule has 0 radical (unpaired) electrons. The van der Waals surface area contributed by atoms with Crippen molar-refractivity contribution in [3.8, 4) is 0 Å². The van der Waals surface area contributed by atoms with E-state index in [2.05, 4.69) is 15.4 Å². The van der Waals surface area contributed by atoms with Gasteiger partial charge in [-0.25, -0.2) is 4.79 Å². The molecule has 23 heavy (non-hydrogen) atoms. The van der Waals surface area contributed by atoms with Crippen LogP contribution in [-0.2, 0) is 14.3 Å². The van der Waals surface area contributed by atoms with E-state index in [1.54, 1.807) is 6.92 Å². The largest absolute Gasteiger partial charge is 0.450 e. The van der Waals surface area contributed by atoms with Gasteiger partial charge in [0.25, 0.3) is 0 Å². The monoisotopic (exact) mass is 342 g/mol. The Morgan fingerprint density at radius 2 is 1.78 bits per heavy atom. The molecule has 0 aliphatic rings. The molecule has 136 valence electrons. The molecule has 0 bridgehead atoms. The molecule has 0 aliphatic heterocycles. The zero-order chi connectivity index (χ0) is 18.0. The summed E-state index contributed by atoms with van der Waals surface area (Å²) < 4.78 is 45.3. The van der Waals surface area contributed by atoms with Gasteiger partial charge in [-0.2, -0.15) is 13.2 Å². The van der Waals surface area contributed by atoms with Crippen LogP contribution in [0.25, 0.3) is 0 Å². The van der Waals surface area contributed by atoms with Gasteiger partial charge in [0.15, 0.2) is 0 Å². The van der Waals surface area contributed by atoms with Gasteiger partial charge in [-0.1, -0.05) is 13.8 Å². The number of halogens is 3. The maximum atomic E-state index is 12.0. The van der Waals surface area contributed by atoms with Crippen LogP contribution in [-0.4, -0.2) is 50.1 Å². The number of alkyl carbamates (subject to hydrolysis) is 1. The first-order valence-electron chi connectivity index (χ1n) is 7.44. The number of alkyl halides is 3. The molecule has 0 rings (SSSR count).